The predicted molar refractivity (Wildman–Crippen MR) is 130 cm³/mol. The molecule has 174 valence electrons. The third-order valence-electron chi connectivity index (χ3n) is 5.13. The molecule has 34 heavy (non-hydrogen) atoms. The molecule has 2 N–H and O–H groups in total. The molecule has 0 aliphatic rings. The Balaban J connectivity index is 1.18. The van der Waals surface area contributed by atoms with Crippen LogP contribution in [0.5, 0.6) is 11.6 Å². The number of benzene rings is 2. The first-order valence-corrected chi connectivity index (χ1v) is 11.7. The van der Waals surface area contributed by atoms with Crippen molar-refractivity contribution in [3.63, 3.8) is 0 Å². The lowest BCUT2D eigenvalue weighted by atomic mass is 10.1. The lowest BCUT2D eigenvalue weighted by Gasteiger charge is -2.08. The minimum absolute atomic E-state index is 0.0676. The van der Waals surface area contributed by atoms with Gasteiger partial charge in [0.25, 0.3) is 0 Å². The maximum absolute atomic E-state index is 12.0. The van der Waals surface area contributed by atoms with Crippen LogP contribution in [0.15, 0.2) is 77.7 Å². The van der Waals surface area contributed by atoms with Crippen LogP contribution in [-0.2, 0) is 24.0 Å². The Morgan fingerprint density at radius 3 is 2.38 bits per heavy atom. The highest BCUT2D eigenvalue weighted by atomic mass is 32.1. The zero-order valence-corrected chi connectivity index (χ0v) is 19.2. The molecule has 4 rings (SSSR count). The van der Waals surface area contributed by atoms with E-state index >= 15 is 0 Å². The van der Waals surface area contributed by atoms with Crippen molar-refractivity contribution >= 4 is 17.3 Å². The van der Waals surface area contributed by atoms with Crippen LogP contribution >= 0.6 is 11.3 Å². The third kappa shape index (κ3) is 6.55. The largest absolute Gasteiger partial charge is 0.494 e. The van der Waals surface area contributed by atoms with E-state index in [2.05, 4.69) is 9.97 Å². The number of nitrogens with one attached hydrogen (secondary N) is 1. The van der Waals surface area contributed by atoms with Crippen molar-refractivity contribution in [1.29, 1.82) is 0 Å². The predicted octanol–water partition coefficient (Wildman–Crippen LogP) is 4.15. The van der Waals surface area contributed by atoms with Gasteiger partial charge in [-0.2, -0.15) is 0 Å². The van der Waals surface area contributed by atoms with Crippen molar-refractivity contribution in [3.8, 4) is 11.6 Å². The zero-order chi connectivity index (χ0) is 23.8. The highest BCUT2D eigenvalue weighted by molar-refractivity contribution is 7.09. The van der Waals surface area contributed by atoms with Crippen LogP contribution in [0.2, 0.25) is 0 Å². The third-order valence-corrected chi connectivity index (χ3v) is 6.01. The second kappa shape index (κ2) is 11.3. The molecule has 0 fully saturated rings. The molecule has 2 aromatic heterocycles. The molecule has 0 unspecified atom stereocenters. The fraction of sp³-hybridized carbons (Fsp3) is 0.192. The first-order valence-electron chi connectivity index (χ1n) is 10.9. The summed E-state index contributed by atoms with van der Waals surface area (Å²) in [6.45, 7) is 0.789. The molecule has 0 radical (unpaired) electrons. The lowest BCUT2D eigenvalue weighted by molar-refractivity contribution is 0.0509. The molecule has 7 nitrogen and oxygen atoms in total. The van der Waals surface area contributed by atoms with Gasteiger partial charge >= 0.3 is 10.8 Å². The van der Waals surface area contributed by atoms with E-state index in [0.29, 0.717) is 42.9 Å². The molecule has 2 heterocycles. The number of carbonyl (C=O) groups excluding carboxylic acids is 1. The van der Waals surface area contributed by atoms with Gasteiger partial charge in [-0.25, -0.2) is 4.79 Å². The Hall–Kier alpha value is -3.91. The van der Waals surface area contributed by atoms with E-state index in [9.17, 15) is 14.7 Å². The normalized spacial score (nSPS) is 10.7. The molecule has 0 atom stereocenters. The monoisotopic (exact) mass is 476 g/mol. The van der Waals surface area contributed by atoms with Crippen LogP contribution in [0.1, 0.15) is 32.1 Å². The summed E-state index contributed by atoms with van der Waals surface area (Å²) in [5.74, 6) is 0.351. The molecule has 0 spiro atoms. The number of hydrogen-bond donors (Lipinski definition) is 2. The summed E-state index contributed by atoms with van der Waals surface area (Å²) < 4.78 is 11.1. The lowest BCUT2D eigenvalue weighted by Crippen LogP contribution is -2.08. The van der Waals surface area contributed by atoms with Crippen LogP contribution in [0.25, 0.3) is 0 Å². The Bertz CT molecular complexity index is 1270. The summed E-state index contributed by atoms with van der Waals surface area (Å²) in [5.41, 5.74) is 3.44. The van der Waals surface area contributed by atoms with Crippen LogP contribution in [0.4, 0.5) is 0 Å². The molecule has 8 heteroatoms. The standard InChI is InChI=1S/C26H24N2O5S/c29-24-23(34-26(31)28-24)16-18-7-10-22(11-8-18)32-15-13-21-9-6-19(17-27-21)12-14-33-25(30)20-4-2-1-3-5-20/h1-11,17,29H,12-16H2,(H,28,31). The van der Waals surface area contributed by atoms with E-state index in [1.54, 1.807) is 30.5 Å². The molecular weight excluding hydrogens is 452 g/mol. The SMILES string of the molecule is O=C(OCCc1ccc(CCOc2ccc(Cc3sc(=O)[nH]c3O)cc2)nc1)c1ccccc1. The second-order valence-corrected chi connectivity index (χ2v) is 8.68. The topological polar surface area (TPSA) is 102 Å². The average molecular weight is 477 g/mol. The number of pyridine rings is 1. The number of aromatic hydroxyl groups is 1. The summed E-state index contributed by atoms with van der Waals surface area (Å²) in [4.78, 5) is 30.4. The van der Waals surface area contributed by atoms with Crippen molar-refractivity contribution in [2.75, 3.05) is 13.2 Å². The molecule has 0 aliphatic heterocycles. The first kappa shape index (κ1) is 23.3. The molecule has 2 aromatic carbocycles. The van der Waals surface area contributed by atoms with Crippen LogP contribution in [-0.4, -0.2) is 34.3 Å². The Morgan fingerprint density at radius 1 is 0.941 bits per heavy atom. The van der Waals surface area contributed by atoms with Crippen molar-refractivity contribution in [3.05, 3.63) is 110 Å². The second-order valence-electron chi connectivity index (χ2n) is 7.62. The molecule has 4 aromatic rings. The van der Waals surface area contributed by atoms with Gasteiger partial charge < -0.3 is 14.6 Å². The maximum Gasteiger partial charge on any atom is 0.338 e. The smallest absolute Gasteiger partial charge is 0.338 e. The van der Waals surface area contributed by atoms with Crippen LogP contribution < -0.4 is 9.61 Å². The van der Waals surface area contributed by atoms with Crippen molar-refractivity contribution < 1.29 is 19.4 Å². The van der Waals surface area contributed by atoms with E-state index in [-0.39, 0.29) is 16.7 Å². The van der Waals surface area contributed by atoms with E-state index in [1.165, 1.54) is 0 Å². The van der Waals surface area contributed by atoms with Gasteiger partial charge in [-0.3, -0.25) is 14.8 Å². The number of nitrogens with zero attached hydrogens (tertiary/aromatic N) is 1. The number of aromatic amines is 1. The number of H-pyrrole nitrogens is 1. The Labute approximate surface area is 200 Å². The number of hydrogen-bond acceptors (Lipinski definition) is 7. The number of ether oxygens (including phenoxy) is 2. The van der Waals surface area contributed by atoms with Crippen molar-refractivity contribution in [2.24, 2.45) is 0 Å². The van der Waals surface area contributed by atoms with E-state index in [4.69, 9.17) is 9.47 Å². The van der Waals surface area contributed by atoms with Gasteiger partial charge in [0.1, 0.15) is 5.75 Å². The summed E-state index contributed by atoms with van der Waals surface area (Å²) in [7, 11) is 0. The first-order chi connectivity index (χ1) is 16.6. The quantitative estimate of drug-likeness (QED) is 0.334. The summed E-state index contributed by atoms with van der Waals surface area (Å²) >= 11 is 1.01. The Morgan fingerprint density at radius 2 is 1.71 bits per heavy atom. The molecule has 0 saturated carbocycles. The van der Waals surface area contributed by atoms with E-state index in [1.807, 2.05) is 42.5 Å². The molecular formula is C26H24N2O5S. The van der Waals surface area contributed by atoms with Gasteiger partial charge in [-0.15, -0.1) is 0 Å². The average Bonchev–Trinajstić information content (AvgIpc) is 3.18. The van der Waals surface area contributed by atoms with Crippen LogP contribution in [0.3, 0.4) is 0 Å². The molecule has 0 aliphatic carbocycles. The molecule has 0 saturated heterocycles. The summed E-state index contributed by atoms with van der Waals surface area (Å²) in [6.07, 6.45) is 3.55. The van der Waals surface area contributed by atoms with Gasteiger partial charge in [0.15, 0.2) is 0 Å². The van der Waals surface area contributed by atoms with Gasteiger partial charge in [-0.05, 0) is 41.5 Å². The van der Waals surface area contributed by atoms with Gasteiger partial charge in [-0.1, -0.05) is 47.7 Å². The fourth-order valence-corrected chi connectivity index (χ4v) is 4.06. The highest BCUT2D eigenvalue weighted by Crippen LogP contribution is 2.21. The Kier molecular flexibility index (Phi) is 7.72. The number of thiazole rings is 1. The number of rotatable bonds is 10. The maximum atomic E-state index is 12.0. The molecule has 0 bridgehead atoms. The van der Waals surface area contributed by atoms with Crippen molar-refractivity contribution in [2.45, 2.75) is 19.3 Å². The van der Waals surface area contributed by atoms with Crippen LogP contribution in [0, 0.1) is 0 Å². The van der Waals surface area contributed by atoms with Gasteiger partial charge in [0, 0.05) is 31.2 Å². The van der Waals surface area contributed by atoms with Gasteiger partial charge in [0.2, 0.25) is 5.88 Å². The zero-order valence-electron chi connectivity index (χ0n) is 18.4. The number of aromatic nitrogens is 2. The summed E-state index contributed by atoms with van der Waals surface area (Å²) in [6, 6.07) is 20.4. The summed E-state index contributed by atoms with van der Waals surface area (Å²) in [5, 5.41) is 9.70. The number of esters is 1. The van der Waals surface area contributed by atoms with E-state index < -0.39 is 0 Å². The fourth-order valence-electron chi connectivity index (χ4n) is 3.30. The highest BCUT2D eigenvalue weighted by Gasteiger charge is 2.08. The van der Waals surface area contributed by atoms with Gasteiger partial charge in [0.05, 0.1) is 23.7 Å². The van der Waals surface area contributed by atoms with Crippen molar-refractivity contribution in [1.82, 2.24) is 9.97 Å². The minimum Gasteiger partial charge on any atom is -0.494 e. The van der Waals surface area contributed by atoms with E-state index in [0.717, 1.165) is 33.9 Å². The number of carbonyl (C=O) groups is 1. The minimum atomic E-state index is -0.324. The molecule has 0 amide bonds.